The van der Waals surface area contributed by atoms with E-state index in [0.29, 0.717) is 17.1 Å². The number of carbonyl (C=O) groups excluding carboxylic acids is 1. The van der Waals surface area contributed by atoms with Crippen molar-refractivity contribution < 1.29 is 9.53 Å². The van der Waals surface area contributed by atoms with Gasteiger partial charge in [-0.3, -0.25) is 14.5 Å². The fourth-order valence-electron chi connectivity index (χ4n) is 2.30. The molecule has 2 aromatic heterocycles. The maximum atomic E-state index is 12.2. The van der Waals surface area contributed by atoms with Crippen molar-refractivity contribution in [3.63, 3.8) is 0 Å². The molecule has 122 valence electrons. The lowest BCUT2D eigenvalue weighted by molar-refractivity contribution is 0.102. The van der Waals surface area contributed by atoms with Crippen LogP contribution in [0.4, 0.5) is 5.82 Å². The van der Waals surface area contributed by atoms with Crippen molar-refractivity contribution in [2.75, 3.05) is 12.4 Å². The zero-order valence-corrected chi connectivity index (χ0v) is 13.3. The van der Waals surface area contributed by atoms with Crippen LogP contribution in [0.25, 0.3) is 0 Å². The Balaban J connectivity index is 1.60. The molecule has 24 heavy (non-hydrogen) atoms. The Bertz CT molecular complexity index is 815. The number of anilines is 1. The number of aromatic nitrogens is 3. The summed E-state index contributed by atoms with van der Waals surface area (Å²) < 4.78 is 6.94. The molecule has 0 aliphatic rings. The minimum atomic E-state index is -0.215. The zero-order valence-electron chi connectivity index (χ0n) is 13.3. The number of amides is 1. The van der Waals surface area contributed by atoms with Crippen LogP contribution in [-0.4, -0.2) is 27.8 Å². The van der Waals surface area contributed by atoms with Crippen molar-refractivity contribution in [3.05, 3.63) is 72.2 Å². The van der Waals surface area contributed by atoms with E-state index < -0.39 is 0 Å². The number of hydrogen-bond acceptors (Lipinski definition) is 4. The third-order valence-corrected chi connectivity index (χ3v) is 3.59. The Morgan fingerprint density at radius 2 is 2.04 bits per heavy atom. The van der Waals surface area contributed by atoms with E-state index in [1.165, 1.54) is 5.56 Å². The highest BCUT2D eigenvalue weighted by atomic mass is 16.5. The van der Waals surface area contributed by atoms with Crippen LogP contribution in [0.3, 0.4) is 0 Å². The van der Waals surface area contributed by atoms with Crippen molar-refractivity contribution in [3.8, 4) is 5.75 Å². The summed E-state index contributed by atoms with van der Waals surface area (Å²) >= 11 is 0. The number of ether oxygens (including phenoxy) is 1. The van der Waals surface area contributed by atoms with Gasteiger partial charge in [-0.05, 0) is 42.3 Å². The third kappa shape index (κ3) is 3.98. The number of hydrogen-bond donors (Lipinski definition) is 1. The molecule has 0 fully saturated rings. The van der Waals surface area contributed by atoms with E-state index in [0.717, 1.165) is 13.0 Å². The molecule has 2 heterocycles. The van der Waals surface area contributed by atoms with Crippen LogP contribution in [-0.2, 0) is 13.0 Å². The van der Waals surface area contributed by atoms with Crippen molar-refractivity contribution in [2.24, 2.45) is 0 Å². The van der Waals surface area contributed by atoms with Crippen molar-refractivity contribution in [1.29, 1.82) is 0 Å². The zero-order chi connectivity index (χ0) is 16.8. The number of aryl methyl sites for hydroxylation is 2. The largest absolute Gasteiger partial charge is 0.497 e. The lowest BCUT2D eigenvalue weighted by Crippen LogP contribution is -2.13. The molecule has 1 amide bonds. The van der Waals surface area contributed by atoms with Crippen LogP contribution in [0.1, 0.15) is 15.9 Å². The minimum absolute atomic E-state index is 0.215. The SMILES string of the molecule is COc1cccc(C(=O)Nc2ccn(CCc3ccncc3)n2)c1. The van der Waals surface area contributed by atoms with Gasteiger partial charge in [-0.2, -0.15) is 5.10 Å². The van der Waals surface area contributed by atoms with Gasteiger partial charge in [0.2, 0.25) is 0 Å². The first-order chi connectivity index (χ1) is 11.7. The molecule has 0 saturated carbocycles. The monoisotopic (exact) mass is 322 g/mol. The highest BCUT2D eigenvalue weighted by Crippen LogP contribution is 2.14. The second-order valence-electron chi connectivity index (χ2n) is 5.26. The van der Waals surface area contributed by atoms with Gasteiger partial charge < -0.3 is 10.1 Å². The highest BCUT2D eigenvalue weighted by molar-refractivity contribution is 6.03. The van der Waals surface area contributed by atoms with Gasteiger partial charge in [0, 0.05) is 36.8 Å². The Kier molecular flexibility index (Phi) is 4.86. The summed E-state index contributed by atoms with van der Waals surface area (Å²) in [6.45, 7) is 0.735. The molecule has 6 nitrogen and oxygen atoms in total. The summed E-state index contributed by atoms with van der Waals surface area (Å²) in [6.07, 6.45) is 6.26. The molecule has 0 aliphatic heterocycles. The molecule has 3 rings (SSSR count). The smallest absolute Gasteiger partial charge is 0.256 e. The molecule has 3 aromatic rings. The van der Waals surface area contributed by atoms with Gasteiger partial charge in [-0.15, -0.1) is 0 Å². The Hall–Kier alpha value is -3.15. The summed E-state index contributed by atoms with van der Waals surface area (Å²) in [5.41, 5.74) is 1.73. The van der Waals surface area contributed by atoms with Crippen molar-refractivity contribution in [1.82, 2.24) is 14.8 Å². The van der Waals surface area contributed by atoms with Gasteiger partial charge in [0.15, 0.2) is 5.82 Å². The average molecular weight is 322 g/mol. The van der Waals surface area contributed by atoms with Gasteiger partial charge in [0.1, 0.15) is 5.75 Å². The molecular weight excluding hydrogens is 304 g/mol. The quantitative estimate of drug-likeness (QED) is 0.757. The van der Waals surface area contributed by atoms with E-state index in [9.17, 15) is 4.79 Å². The number of nitrogens with zero attached hydrogens (tertiary/aromatic N) is 3. The first-order valence-electron chi connectivity index (χ1n) is 7.62. The fourth-order valence-corrected chi connectivity index (χ4v) is 2.30. The van der Waals surface area contributed by atoms with Crippen LogP contribution >= 0.6 is 0 Å². The van der Waals surface area contributed by atoms with E-state index in [2.05, 4.69) is 15.4 Å². The maximum absolute atomic E-state index is 12.2. The number of carbonyl (C=O) groups is 1. The molecule has 0 saturated heterocycles. The van der Waals surface area contributed by atoms with Gasteiger partial charge in [-0.1, -0.05) is 6.07 Å². The molecule has 0 atom stereocenters. The third-order valence-electron chi connectivity index (χ3n) is 3.59. The number of nitrogens with one attached hydrogen (secondary N) is 1. The van der Waals surface area contributed by atoms with Gasteiger partial charge in [-0.25, -0.2) is 0 Å². The molecule has 0 radical (unpaired) electrons. The fraction of sp³-hybridized carbons (Fsp3) is 0.167. The molecular formula is C18H18N4O2. The van der Waals surface area contributed by atoms with Crippen molar-refractivity contribution in [2.45, 2.75) is 13.0 Å². The first-order valence-corrected chi connectivity index (χ1v) is 7.62. The summed E-state index contributed by atoms with van der Waals surface area (Å²) in [7, 11) is 1.57. The van der Waals surface area contributed by atoms with Gasteiger partial charge >= 0.3 is 0 Å². The molecule has 0 spiro atoms. The van der Waals surface area contributed by atoms with Gasteiger partial charge in [0.05, 0.1) is 7.11 Å². The predicted molar refractivity (Wildman–Crippen MR) is 91.1 cm³/mol. The molecule has 6 heteroatoms. The molecule has 0 unspecified atom stereocenters. The van der Waals surface area contributed by atoms with E-state index in [1.807, 2.05) is 23.0 Å². The van der Waals surface area contributed by atoms with Gasteiger partial charge in [0.25, 0.3) is 5.91 Å². The summed E-state index contributed by atoms with van der Waals surface area (Å²) in [4.78, 5) is 16.2. The van der Waals surface area contributed by atoms with Crippen LogP contribution < -0.4 is 10.1 Å². The van der Waals surface area contributed by atoms with Crippen LogP contribution in [0.15, 0.2) is 61.1 Å². The number of rotatable bonds is 6. The topological polar surface area (TPSA) is 69.0 Å². The van der Waals surface area contributed by atoms with E-state index in [1.54, 1.807) is 49.8 Å². The van der Waals surface area contributed by atoms with E-state index in [-0.39, 0.29) is 5.91 Å². The number of methoxy groups -OCH3 is 1. The van der Waals surface area contributed by atoms with Crippen LogP contribution in [0.5, 0.6) is 5.75 Å². The second-order valence-corrected chi connectivity index (χ2v) is 5.26. The Morgan fingerprint density at radius 3 is 2.83 bits per heavy atom. The molecule has 0 bridgehead atoms. The van der Waals surface area contributed by atoms with Crippen LogP contribution in [0.2, 0.25) is 0 Å². The summed E-state index contributed by atoms with van der Waals surface area (Å²) in [5, 5.41) is 7.16. The number of pyridine rings is 1. The van der Waals surface area contributed by atoms with E-state index >= 15 is 0 Å². The van der Waals surface area contributed by atoms with Crippen molar-refractivity contribution >= 4 is 11.7 Å². The number of benzene rings is 1. The normalized spacial score (nSPS) is 10.4. The lowest BCUT2D eigenvalue weighted by atomic mass is 10.2. The minimum Gasteiger partial charge on any atom is -0.497 e. The highest BCUT2D eigenvalue weighted by Gasteiger charge is 2.09. The Morgan fingerprint density at radius 1 is 1.21 bits per heavy atom. The van der Waals surface area contributed by atoms with Crippen LogP contribution in [0, 0.1) is 0 Å². The standard InChI is InChI=1S/C18H18N4O2/c1-24-16-4-2-3-15(13-16)18(23)20-17-8-12-22(21-17)11-7-14-5-9-19-10-6-14/h2-6,8-10,12-13H,7,11H2,1H3,(H,20,21,23). The molecule has 0 aliphatic carbocycles. The second kappa shape index (κ2) is 7.41. The maximum Gasteiger partial charge on any atom is 0.256 e. The Labute approximate surface area is 140 Å². The predicted octanol–water partition coefficient (Wildman–Crippen LogP) is 2.78. The molecule has 1 N–H and O–H groups in total. The average Bonchev–Trinajstić information content (AvgIpc) is 3.08. The lowest BCUT2D eigenvalue weighted by Gasteiger charge is -2.05. The molecule has 1 aromatic carbocycles. The first kappa shape index (κ1) is 15.7. The summed E-state index contributed by atoms with van der Waals surface area (Å²) in [5.74, 6) is 0.955. The summed E-state index contributed by atoms with van der Waals surface area (Å²) in [6, 6.07) is 12.7. The van der Waals surface area contributed by atoms with E-state index in [4.69, 9.17) is 4.74 Å².